The van der Waals surface area contributed by atoms with Crippen molar-refractivity contribution in [1.29, 1.82) is 0 Å². The van der Waals surface area contributed by atoms with E-state index in [2.05, 4.69) is 21.2 Å². The van der Waals surface area contributed by atoms with Crippen LogP contribution in [0.4, 0.5) is 0 Å². The van der Waals surface area contributed by atoms with Crippen molar-refractivity contribution in [3.63, 3.8) is 0 Å². The van der Waals surface area contributed by atoms with Crippen molar-refractivity contribution in [2.75, 3.05) is 20.2 Å². The first-order chi connectivity index (χ1) is 6.74. The van der Waals surface area contributed by atoms with Crippen molar-refractivity contribution in [1.82, 2.24) is 5.32 Å². The number of ether oxygens (including phenoxy) is 1. The lowest BCUT2D eigenvalue weighted by molar-refractivity contribution is 0.369. The largest absolute Gasteiger partial charge is 0.503 e. The minimum Gasteiger partial charge on any atom is -0.503 e. The molecule has 76 valence electrons. The Hall–Kier alpha value is -0.740. The molecule has 4 heteroatoms. The van der Waals surface area contributed by atoms with Crippen LogP contribution in [-0.2, 0) is 0 Å². The van der Waals surface area contributed by atoms with Gasteiger partial charge in [-0.2, -0.15) is 0 Å². The summed E-state index contributed by atoms with van der Waals surface area (Å²) >= 11 is 3.39. The van der Waals surface area contributed by atoms with Crippen LogP contribution in [0, 0.1) is 0 Å². The third-order valence-corrected chi connectivity index (χ3v) is 3.38. The van der Waals surface area contributed by atoms with Gasteiger partial charge >= 0.3 is 0 Å². The zero-order valence-corrected chi connectivity index (χ0v) is 9.47. The molecule has 0 amide bonds. The zero-order valence-electron chi connectivity index (χ0n) is 7.88. The smallest absolute Gasteiger partial charge is 0.172 e. The lowest BCUT2D eigenvalue weighted by Crippen LogP contribution is -2.40. The van der Waals surface area contributed by atoms with Gasteiger partial charge in [-0.15, -0.1) is 0 Å². The maximum absolute atomic E-state index is 9.75. The predicted molar refractivity (Wildman–Crippen MR) is 58.0 cm³/mol. The molecule has 3 nitrogen and oxygen atoms in total. The molecule has 1 fully saturated rings. The van der Waals surface area contributed by atoms with E-state index in [1.165, 1.54) is 0 Å². The number of benzene rings is 1. The molecule has 0 radical (unpaired) electrons. The van der Waals surface area contributed by atoms with Gasteiger partial charge in [0.25, 0.3) is 0 Å². The van der Waals surface area contributed by atoms with Crippen molar-refractivity contribution in [3.05, 3.63) is 22.2 Å². The molecule has 0 bridgehead atoms. The molecule has 1 aliphatic heterocycles. The highest BCUT2D eigenvalue weighted by Crippen LogP contribution is 2.40. The van der Waals surface area contributed by atoms with Crippen LogP contribution in [0.25, 0.3) is 0 Å². The molecule has 0 aliphatic carbocycles. The fraction of sp³-hybridized carbons (Fsp3) is 0.400. The third-order valence-electron chi connectivity index (χ3n) is 2.55. The van der Waals surface area contributed by atoms with Crippen LogP contribution >= 0.6 is 15.9 Å². The average molecular weight is 258 g/mol. The quantitative estimate of drug-likeness (QED) is 0.850. The lowest BCUT2D eigenvalue weighted by Gasteiger charge is -2.28. The minimum absolute atomic E-state index is 0.192. The predicted octanol–water partition coefficient (Wildman–Crippen LogP) is 1.85. The Balaban J connectivity index is 2.38. The van der Waals surface area contributed by atoms with Gasteiger partial charge in [0.2, 0.25) is 0 Å². The lowest BCUT2D eigenvalue weighted by atomic mass is 9.93. The summed E-state index contributed by atoms with van der Waals surface area (Å²) in [7, 11) is 1.55. The number of hydrogen-bond acceptors (Lipinski definition) is 3. The molecular weight excluding hydrogens is 246 g/mol. The molecule has 1 aromatic carbocycles. The van der Waals surface area contributed by atoms with E-state index < -0.39 is 0 Å². The van der Waals surface area contributed by atoms with Gasteiger partial charge in [0, 0.05) is 19.0 Å². The van der Waals surface area contributed by atoms with Crippen molar-refractivity contribution in [2.24, 2.45) is 0 Å². The molecule has 0 unspecified atom stereocenters. The fourth-order valence-corrected chi connectivity index (χ4v) is 2.20. The van der Waals surface area contributed by atoms with Crippen molar-refractivity contribution in [2.45, 2.75) is 5.92 Å². The zero-order chi connectivity index (χ0) is 10.1. The standard InChI is InChI=1S/C10H12BrNO2/c1-14-8-3-2-7(6-4-12-5-6)9(11)10(8)13/h2-3,6,12-13H,4-5H2,1H3. The molecule has 2 N–H and O–H groups in total. The van der Waals surface area contributed by atoms with Gasteiger partial charge in [0.05, 0.1) is 11.6 Å². The van der Waals surface area contributed by atoms with Gasteiger partial charge in [-0.3, -0.25) is 0 Å². The summed E-state index contributed by atoms with van der Waals surface area (Å²) in [4.78, 5) is 0. The molecule has 0 atom stereocenters. The molecule has 1 heterocycles. The number of methoxy groups -OCH3 is 1. The van der Waals surface area contributed by atoms with Crippen LogP contribution in [0.1, 0.15) is 11.5 Å². The van der Waals surface area contributed by atoms with Crippen molar-refractivity contribution in [3.8, 4) is 11.5 Å². The second-order valence-electron chi connectivity index (χ2n) is 3.37. The Morgan fingerprint density at radius 2 is 2.21 bits per heavy atom. The van der Waals surface area contributed by atoms with Crippen LogP contribution in [0.5, 0.6) is 11.5 Å². The molecule has 0 saturated carbocycles. The first-order valence-electron chi connectivity index (χ1n) is 4.50. The van der Waals surface area contributed by atoms with E-state index in [4.69, 9.17) is 4.74 Å². The van der Waals surface area contributed by atoms with Crippen molar-refractivity contribution >= 4 is 15.9 Å². The topological polar surface area (TPSA) is 41.5 Å². The Bertz CT molecular complexity index is 350. The molecular formula is C10H12BrNO2. The van der Waals surface area contributed by atoms with E-state index in [1.807, 2.05) is 6.07 Å². The molecule has 1 saturated heterocycles. The summed E-state index contributed by atoms with van der Waals surface area (Å²) < 4.78 is 5.77. The molecule has 14 heavy (non-hydrogen) atoms. The Morgan fingerprint density at radius 1 is 1.50 bits per heavy atom. The minimum atomic E-state index is 0.192. The third kappa shape index (κ3) is 1.48. The first-order valence-corrected chi connectivity index (χ1v) is 5.29. The summed E-state index contributed by atoms with van der Waals surface area (Å²) in [5.74, 6) is 1.20. The molecule has 1 aromatic rings. The van der Waals surface area contributed by atoms with Crippen LogP contribution in [0.2, 0.25) is 0 Å². The van der Waals surface area contributed by atoms with Gasteiger partial charge in [-0.25, -0.2) is 0 Å². The van der Waals surface area contributed by atoms with Gasteiger partial charge in [0.15, 0.2) is 11.5 Å². The Kier molecular flexibility index (Phi) is 2.65. The van der Waals surface area contributed by atoms with Gasteiger partial charge < -0.3 is 15.2 Å². The normalized spacial score (nSPS) is 16.4. The van der Waals surface area contributed by atoms with Gasteiger partial charge in [-0.1, -0.05) is 6.07 Å². The van der Waals surface area contributed by atoms with Gasteiger partial charge in [-0.05, 0) is 27.6 Å². The molecule has 0 aromatic heterocycles. The highest BCUT2D eigenvalue weighted by molar-refractivity contribution is 9.10. The van der Waals surface area contributed by atoms with Crippen molar-refractivity contribution < 1.29 is 9.84 Å². The molecule has 0 spiro atoms. The molecule has 1 aliphatic rings. The van der Waals surface area contributed by atoms with E-state index in [0.29, 0.717) is 11.7 Å². The van der Waals surface area contributed by atoms with Crippen LogP contribution in [-0.4, -0.2) is 25.3 Å². The molecule has 2 rings (SSSR count). The summed E-state index contributed by atoms with van der Waals surface area (Å²) in [6.45, 7) is 1.95. The SMILES string of the molecule is COc1ccc(C2CNC2)c(Br)c1O. The summed E-state index contributed by atoms with van der Waals surface area (Å²) in [6, 6.07) is 3.79. The summed E-state index contributed by atoms with van der Waals surface area (Å²) in [6.07, 6.45) is 0. The number of aromatic hydroxyl groups is 1. The maximum atomic E-state index is 9.75. The number of phenolic OH excluding ortho intramolecular Hbond substituents is 1. The van der Waals surface area contributed by atoms with E-state index in [-0.39, 0.29) is 5.75 Å². The number of nitrogens with one attached hydrogen (secondary N) is 1. The maximum Gasteiger partial charge on any atom is 0.172 e. The van der Waals surface area contributed by atoms with E-state index >= 15 is 0 Å². The number of phenols is 1. The summed E-state index contributed by atoms with van der Waals surface area (Å²) in [5.41, 5.74) is 1.14. The summed E-state index contributed by atoms with van der Waals surface area (Å²) in [5, 5.41) is 13.0. The van der Waals surface area contributed by atoms with Crippen LogP contribution in [0.15, 0.2) is 16.6 Å². The van der Waals surface area contributed by atoms with E-state index in [1.54, 1.807) is 13.2 Å². The van der Waals surface area contributed by atoms with Crippen LogP contribution < -0.4 is 10.1 Å². The number of hydrogen-bond donors (Lipinski definition) is 2. The van der Waals surface area contributed by atoms with Crippen LogP contribution in [0.3, 0.4) is 0 Å². The highest BCUT2D eigenvalue weighted by atomic mass is 79.9. The monoisotopic (exact) mass is 257 g/mol. The average Bonchev–Trinajstić information content (AvgIpc) is 2.10. The Labute approximate surface area is 91.2 Å². The fourth-order valence-electron chi connectivity index (χ4n) is 1.55. The van der Waals surface area contributed by atoms with E-state index in [9.17, 15) is 5.11 Å². The Morgan fingerprint density at radius 3 is 2.71 bits per heavy atom. The second kappa shape index (κ2) is 3.79. The van der Waals surface area contributed by atoms with E-state index in [0.717, 1.165) is 23.1 Å². The second-order valence-corrected chi connectivity index (χ2v) is 4.17. The first kappa shape index (κ1) is 9.80. The number of halogens is 1. The highest BCUT2D eigenvalue weighted by Gasteiger charge is 2.23. The number of rotatable bonds is 2. The van der Waals surface area contributed by atoms with Gasteiger partial charge in [0.1, 0.15) is 0 Å².